The van der Waals surface area contributed by atoms with E-state index in [1.807, 2.05) is 15.9 Å². The molecule has 1 N–H and O–H groups in total. The summed E-state index contributed by atoms with van der Waals surface area (Å²) in [5, 5.41) is 12.7. The Morgan fingerprint density at radius 2 is 1.86 bits per heavy atom. The van der Waals surface area contributed by atoms with Gasteiger partial charge in [0.15, 0.2) is 5.82 Å². The smallest absolute Gasteiger partial charge is 0.264 e. The van der Waals surface area contributed by atoms with Crippen LogP contribution in [0.3, 0.4) is 0 Å². The molecule has 0 unspecified atom stereocenters. The van der Waals surface area contributed by atoms with Gasteiger partial charge in [-0.3, -0.25) is 19.0 Å². The van der Waals surface area contributed by atoms with E-state index >= 15 is 0 Å². The number of fused-ring (bicyclic) bond motifs is 2. The lowest BCUT2D eigenvalue weighted by Crippen LogP contribution is -2.54. The van der Waals surface area contributed by atoms with Crippen LogP contribution in [0.4, 0.5) is 20.3 Å². The molecule has 6 heterocycles. The highest BCUT2D eigenvalue weighted by Crippen LogP contribution is 2.43. The first-order valence-electron chi connectivity index (χ1n) is 15.3. The van der Waals surface area contributed by atoms with Crippen molar-refractivity contribution in [1.29, 1.82) is 0 Å². The van der Waals surface area contributed by atoms with E-state index in [0.717, 1.165) is 67.1 Å². The summed E-state index contributed by atoms with van der Waals surface area (Å²) in [4.78, 5) is 31.4. The number of benzene rings is 1. The van der Waals surface area contributed by atoms with Crippen molar-refractivity contribution in [3.05, 3.63) is 46.9 Å². The zero-order valence-corrected chi connectivity index (χ0v) is 24.7. The number of aryl methyl sites for hydroxylation is 2. The molecule has 0 atom stereocenters. The van der Waals surface area contributed by atoms with E-state index in [4.69, 9.17) is 5.10 Å². The molecule has 0 saturated carbocycles. The predicted molar refractivity (Wildman–Crippen MR) is 157 cm³/mol. The molecular formula is C31H38F2N8O2. The monoisotopic (exact) mass is 592 g/mol. The molecule has 2 saturated heterocycles. The number of likely N-dealkylation sites (tertiary alicyclic amines) is 1. The lowest BCUT2D eigenvalue weighted by atomic mass is 9.92. The normalized spacial score (nSPS) is 19.4. The number of carbonyl (C=O) groups excluding carboxylic acids is 2. The van der Waals surface area contributed by atoms with E-state index in [9.17, 15) is 18.4 Å². The largest absolute Gasteiger partial charge is 0.338 e. The summed E-state index contributed by atoms with van der Waals surface area (Å²) in [7, 11) is 1.78. The van der Waals surface area contributed by atoms with E-state index in [1.165, 1.54) is 0 Å². The summed E-state index contributed by atoms with van der Waals surface area (Å²) in [6, 6.07) is 3.58. The Morgan fingerprint density at radius 3 is 2.56 bits per heavy atom. The second-order valence-electron chi connectivity index (χ2n) is 12.3. The van der Waals surface area contributed by atoms with Crippen LogP contribution >= 0.6 is 0 Å². The maximum absolute atomic E-state index is 14.5. The number of rotatable bonds is 5. The molecule has 0 radical (unpaired) electrons. The molecule has 0 bridgehead atoms. The molecule has 0 spiro atoms. The number of nitrogens with zero attached hydrogens (tertiary/aromatic N) is 7. The van der Waals surface area contributed by atoms with Gasteiger partial charge in [0.05, 0.1) is 18.8 Å². The number of piperidine rings is 1. The minimum Gasteiger partial charge on any atom is -0.338 e. The highest BCUT2D eigenvalue weighted by atomic mass is 19.3. The highest BCUT2D eigenvalue weighted by Gasteiger charge is 2.40. The molecule has 3 aromatic rings. The summed E-state index contributed by atoms with van der Waals surface area (Å²) in [6.07, 6.45) is 4.79. The number of anilines is 2. The zero-order valence-electron chi connectivity index (χ0n) is 24.7. The SMILES string of the molecule is CC(=O)N1CCc2c(c(N3CCCc4cc(-c5cnn(C)c5)c(C(F)F)cc43)nn2C2CN(C(=O)C3CCNCC3)C2)C1. The first-order chi connectivity index (χ1) is 20.8. The van der Waals surface area contributed by atoms with Gasteiger partial charge in [-0.25, -0.2) is 8.78 Å². The van der Waals surface area contributed by atoms with E-state index in [2.05, 4.69) is 20.0 Å². The quantitative estimate of drug-likeness (QED) is 0.487. The van der Waals surface area contributed by atoms with Crippen molar-refractivity contribution >= 4 is 23.3 Å². The standard InChI is InChI=1S/C31H38F2N8O2/c1-19(42)38-11-7-27-26(18-38)30(36-41(27)23-16-39(17-23)31(43)20-5-8-34-9-6-20)40-10-3-4-21-12-24(22-14-35-37(2)15-22)25(29(32)33)13-28(21)40/h12-15,20,23,29,34H,3-11,16-18H2,1-2H3. The van der Waals surface area contributed by atoms with Crippen LogP contribution in [0, 0.1) is 5.92 Å². The Labute approximate surface area is 249 Å². The molecule has 10 nitrogen and oxygen atoms in total. The zero-order chi connectivity index (χ0) is 29.8. The second kappa shape index (κ2) is 11.0. The van der Waals surface area contributed by atoms with Crippen molar-refractivity contribution < 1.29 is 18.4 Å². The fraction of sp³-hybridized carbons (Fsp3) is 0.548. The maximum Gasteiger partial charge on any atom is 0.264 e. The van der Waals surface area contributed by atoms with Crippen molar-refractivity contribution in [1.82, 2.24) is 34.7 Å². The molecule has 4 aliphatic rings. The fourth-order valence-electron chi connectivity index (χ4n) is 7.19. The summed E-state index contributed by atoms with van der Waals surface area (Å²) in [5.74, 6) is 1.06. The molecule has 228 valence electrons. The Hall–Kier alpha value is -3.80. The first kappa shape index (κ1) is 28.0. The number of hydrogen-bond donors (Lipinski definition) is 1. The van der Waals surface area contributed by atoms with E-state index < -0.39 is 6.43 Å². The summed E-state index contributed by atoms with van der Waals surface area (Å²) < 4.78 is 32.7. The lowest BCUT2D eigenvalue weighted by molar-refractivity contribution is -0.142. The number of hydrogen-bond acceptors (Lipinski definition) is 6. The minimum atomic E-state index is -2.65. The molecule has 4 aliphatic heterocycles. The van der Waals surface area contributed by atoms with Gasteiger partial charge in [-0.2, -0.15) is 10.2 Å². The summed E-state index contributed by atoms with van der Waals surface area (Å²) in [6.45, 7) is 6.27. The van der Waals surface area contributed by atoms with Crippen LogP contribution in [-0.4, -0.2) is 80.4 Å². The average molecular weight is 593 g/mol. The Kier molecular flexibility index (Phi) is 7.19. The van der Waals surface area contributed by atoms with Crippen LogP contribution in [0.5, 0.6) is 0 Å². The van der Waals surface area contributed by atoms with E-state index in [1.54, 1.807) is 37.1 Å². The molecule has 7 rings (SSSR count). The van der Waals surface area contributed by atoms with Crippen molar-refractivity contribution in [3.63, 3.8) is 0 Å². The molecule has 2 amide bonds. The molecule has 1 aromatic carbocycles. The lowest BCUT2D eigenvalue weighted by Gasteiger charge is -2.42. The van der Waals surface area contributed by atoms with Crippen LogP contribution in [0.1, 0.15) is 61.0 Å². The van der Waals surface area contributed by atoms with Gasteiger partial charge in [0.2, 0.25) is 11.8 Å². The van der Waals surface area contributed by atoms with Crippen molar-refractivity contribution in [3.8, 4) is 11.1 Å². The van der Waals surface area contributed by atoms with E-state index in [0.29, 0.717) is 50.3 Å². The van der Waals surface area contributed by atoms with Gasteiger partial charge in [0.1, 0.15) is 0 Å². The average Bonchev–Trinajstić information content (AvgIpc) is 3.59. The highest BCUT2D eigenvalue weighted by molar-refractivity contribution is 5.80. The van der Waals surface area contributed by atoms with E-state index in [-0.39, 0.29) is 29.3 Å². The third kappa shape index (κ3) is 4.99. The van der Waals surface area contributed by atoms with Gasteiger partial charge in [-0.05, 0) is 62.0 Å². The molecule has 43 heavy (non-hydrogen) atoms. The minimum absolute atomic E-state index is 0.00637. The van der Waals surface area contributed by atoms with Gasteiger partial charge < -0.3 is 20.0 Å². The van der Waals surface area contributed by atoms with Crippen LogP contribution in [0.2, 0.25) is 0 Å². The fourth-order valence-corrected chi connectivity index (χ4v) is 7.19. The van der Waals surface area contributed by atoms with Crippen LogP contribution in [0.25, 0.3) is 11.1 Å². The van der Waals surface area contributed by atoms with Gasteiger partial charge in [-0.15, -0.1) is 0 Å². The van der Waals surface area contributed by atoms with Gasteiger partial charge >= 0.3 is 0 Å². The molecular weight excluding hydrogens is 554 g/mol. The Bertz CT molecular complexity index is 1550. The number of amides is 2. The first-order valence-corrected chi connectivity index (χ1v) is 15.3. The number of alkyl halides is 2. The second-order valence-corrected chi connectivity index (χ2v) is 12.3. The van der Waals surface area contributed by atoms with Crippen molar-refractivity contribution in [2.75, 3.05) is 44.2 Å². The molecule has 12 heteroatoms. The molecule has 2 fully saturated rings. The molecule has 0 aliphatic carbocycles. The van der Waals surface area contributed by atoms with Crippen LogP contribution in [-0.2, 0) is 36.0 Å². The van der Waals surface area contributed by atoms with Gasteiger partial charge in [0, 0.05) is 86.8 Å². The van der Waals surface area contributed by atoms with Crippen molar-refractivity contribution in [2.24, 2.45) is 13.0 Å². The third-order valence-electron chi connectivity index (χ3n) is 9.59. The molecule has 2 aromatic heterocycles. The number of nitrogens with one attached hydrogen (secondary N) is 1. The van der Waals surface area contributed by atoms with Gasteiger partial charge in [-0.1, -0.05) is 0 Å². The van der Waals surface area contributed by atoms with Crippen molar-refractivity contribution in [2.45, 2.75) is 58.0 Å². The Balaban J connectivity index is 1.24. The summed E-state index contributed by atoms with van der Waals surface area (Å²) in [5.41, 5.74) is 4.96. The van der Waals surface area contributed by atoms with Gasteiger partial charge in [0.25, 0.3) is 6.43 Å². The third-order valence-corrected chi connectivity index (χ3v) is 9.59. The number of carbonyl (C=O) groups is 2. The Morgan fingerprint density at radius 1 is 1.07 bits per heavy atom. The maximum atomic E-state index is 14.5. The topological polar surface area (TPSA) is 91.5 Å². The van der Waals surface area contributed by atoms with Crippen LogP contribution in [0.15, 0.2) is 24.5 Å². The number of aromatic nitrogens is 4. The number of halogens is 2. The van der Waals surface area contributed by atoms with Crippen LogP contribution < -0.4 is 10.2 Å². The predicted octanol–water partition coefficient (Wildman–Crippen LogP) is 3.59. The summed E-state index contributed by atoms with van der Waals surface area (Å²) >= 11 is 0.